The summed E-state index contributed by atoms with van der Waals surface area (Å²) in [4.78, 5) is 11.5. The minimum atomic E-state index is -0.280. The van der Waals surface area contributed by atoms with E-state index in [1.165, 1.54) is 0 Å². The van der Waals surface area contributed by atoms with Crippen LogP contribution in [0.4, 0.5) is 0 Å². The van der Waals surface area contributed by atoms with Crippen LogP contribution in [0.1, 0.15) is 31.2 Å². The standard InChI is InChI=1S/C12H16BrNO/c1-12(2,3)14-11(15)10(13)9-7-5-4-6-8-9/h4-8,10H,1-3H3,(H,14,15). The van der Waals surface area contributed by atoms with Crippen LogP contribution in [0.5, 0.6) is 0 Å². The highest BCUT2D eigenvalue weighted by molar-refractivity contribution is 9.09. The maximum atomic E-state index is 11.8. The highest BCUT2D eigenvalue weighted by Crippen LogP contribution is 2.23. The fourth-order valence-electron chi connectivity index (χ4n) is 1.21. The molecule has 0 saturated heterocycles. The predicted molar refractivity (Wildman–Crippen MR) is 66.0 cm³/mol. The number of nitrogens with one attached hydrogen (secondary N) is 1. The molecule has 1 N–H and O–H groups in total. The molecule has 1 aromatic rings. The van der Waals surface area contributed by atoms with Gasteiger partial charge in [0, 0.05) is 5.54 Å². The lowest BCUT2D eigenvalue weighted by Crippen LogP contribution is -2.42. The van der Waals surface area contributed by atoms with Gasteiger partial charge in [-0.15, -0.1) is 0 Å². The van der Waals surface area contributed by atoms with E-state index in [-0.39, 0.29) is 16.3 Å². The number of halogens is 1. The Bertz CT molecular complexity index is 329. The van der Waals surface area contributed by atoms with Crippen LogP contribution >= 0.6 is 15.9 Å². The van der Waals surface area contributed by atoms with Crippen molar-refractivity contribution in [2.45, 2.75) is 31.1 Å². The molecule has 0 bridgehead atoms. The molecule has 1 unspecified atom stereocenters. The summed E-state index contributed by atoms with van der Waals surface area (Å²) in [7, 11) is 0. The molecule has 0 aliphatic carbocycles. The third kappa shape index (κ3) is 4.04. The molecule has 1 amide bonds. The van der Waals surface area contributed by atoms with Gasteiger partial charge in [0.1, 0.15) is 4.83 Å². The Kier molecular flexibility index (Phi) is 3.91. The zero-order valence-corrected chi connectivity index (χ0v) is 10.8. The maximum Gasteiger partial charge on any atom is 0.238 e. The fourth-order valence-corrected chi connectivity index (χ4v) is 1.63. The number of hydrogen-bond donors (Lipinski definition) is 1. The lowest BCUT2D eigenvalue weighted by Gasteiger charge is -2.22. The van der Waals surface area contributed by atoms with Crippen molar-refractivity contribution in [1.82, 2.24) is 5.32 Å². The molecule has 82 valence electrons. The molecule has 15 heavy (non-hydrogen) atoms. The first-order valence-corrected chi connectivity index (χ1v) is 5.83. The number of benzene rings is 1. The van der Waals surface area contributed by atoms with Crippen molar-refractivity contribution in [1.29, 1.82) is 0 Å². The molecule has 1 rings (SSSR count). The first-order valence-electron chi connectivity index (χ1n) is 4.91. The molecule has 0 saturated carbocycles. The Hall–Kier alpha value is -0.830. The summed E-state index contributed by atoms with van der Waals surface area (Å²) >= 11 is 3.39. The van der Waals surface area contributed by atoms with Crippen molar-refractivity contribution >= 4 is 21.8 Å². The summed E-state index contributed by atoms with van der Waals surface area (Å²) in [5.41, 5.74) is 0.775. The van der Waals surface area contributed by atoms with Crippen LogP contribution < -0.4 is 5.32 Å². The molecule has 0 spiro atoms. The molecule has 0 aromatic heterocycles. The quantitative estimate of drug-likeness (QED) is 0.822. The van der Waals surface area contributed by atoms with Crippen LogP contribution in [-0.4, -0.2) is 11.4 Å². The van der Waals surface area contributed by atoms with Crippen LogP contribution in [0.25, 0.3) is 0 Å². The summed E-state index contributed by atoms with van der Waals surface area (Å²) in [6.45, 7) is 5.90. The molecule has 3 heteroatoms. The van der Waals surface area contributed by atoms with Crippen molar-refractivity contribution in [2.24, 2.45) is 0 Å². The van der Waals surface area contributed by atoms with Gasteiger partial charge in [-0.05, 0) is 26.3 Å². The summed E-state index contributed by atoms with van der Waals surface area (Å²) < 4.78 is 0. The van der Waals surface area contributed by atoms with E-state index in [0.29, 0.717) is 0 Å². The zero-order valence-electron chi connectivity index (χ0n) is 9.25. The number of carbonyl (C=O) groups is 1. The highest BCUT2D eigenvalue weighted by atomic mass is 79.9. The lowest BCUT2D eigenvalue weighted by atomic mass is 10.1. The number of carbonyl (C=O) groups excluding carboxylic acids is 1. The van der Waals surface area contributed by atoms with E-state index < -0.39 is 0 Å². The Morgan fingerprint density at radius 1 is 1.27 bits per heavy atom. The van der Waals surface area contributed by atoms with E-state index in [2.05, 4.69) is 21.2 Å². The third-order valence-corrected chi connectivity index (χ3v) is 2.77. The highest BCUT2D eigenvalue weighted by Gasteiger charge is 2.21. The first kappa shape index (κ1) is 12.2. The smallest absolute Gasteiger partial charge is 0.238 e. The summed E-state index contributed by atoms with van der Waals surface area (Å²) in [6.07, 6.45) is 0. The van der Waals surface area contributed by atoms with Crippen LogP contribution in [0.3, 0.4) is 0 Å². The molecular formula is C12H16BrNO. The molecule has 0 aliphatic heterocycles. The van der Waals surface area contributed by atoms with Gasteiger partial charge in [0.05, 0.1) is 0 Å². The molecule has 0 heterocycles. The third-order valence-electron chi connectivity index (χ3n) is 1.82. The predicted octanol–water partition coefficient (Wildman–Crippen LogP) is 3.04. The SMILES string of the molecule is CC(C)(C)NC(=O)C(Br)c1ccccc1. The fraction of sp³-hybridized carbons (Fsp3) is 0.417. The average Bonchev–Trinajstić information content (AvgIpc) is 2.15. The number of amides is 1. The van der Waals surface area contributed by atoms with Crippen LogP contribution in [0, 0.1) is 0 Å². The van der Waals surface area contributed by atoms with E-state index in [1.807, 2.05) is 51.1 Å². The Morgan fingerprint density at radius 2 is 1.80 bits per heavy atom. The van der Waals surface area contributed by atoms with Gasteiger partial charge in [-0.2, -0.15) is 0 Å². The molecule has 2 nitrogen and oxygen atoms in total. The van der Waals surface area contributed by atoms with Crippen LogP contribution in [0.2, 0.25) is 0 Å². The van der Waals surface area contributed by atoms with E-state index in [1.54, 1.807) is 0 Å². The van der Waals surface area contributed by atoms with Gasteiger partial charge in [0.25, 0.3) is 0 Å². The monoisotopic (exact) mass is 269 g/mol. The number of hydrogen-bond acceptors (Lipinski definition) is 1. The molecule has 1 atom stereocenters. The van der Waals surface area contributed by atoms with E-state index in [4.69, 9.17) is 0 Å². The van der Waals surface area contributed by atoms with E-state index >= 15 is 0 Å². The molecule has 0 aliphatic rings. The Morgan fingerprint density at radius 3 is 2.27 bits per heavy atom. The van der Waals surface area contributed by atoms with Gasteiger partial charge in [-0.1, -0.05) is 46.3 Å². The van der Waals surface area contributed by atoms with Gasteiger partial charge in [-0.25, -0.2) is 0 Å². The maximum absolute atomic E-state index is 11.8. The Balaban J connectivity index is 2.70. The minimum absolute atomic E-state index is 0.00583. The molecule has 1 aromatic carbocycles. The van der Waals surface area contributed by atoms with Crippen molar-refractivity contribution in [3.63, 3.8) is 0 Å². The van der Waals surface area contributed by atoms with Gasteiger partial charge in [0.15, 0.2) is 0 Å². The second kappa shape index (κ2) is 4.79. The van der Waals surface area contributed by atoms with Crippen LogP contribution in [-0.2, 0) is 4.79 Å². The summed E-state index contributed by atoms with van der Waals surface area (Å²) in [5, 5.41) is 2.93. The summed E-state index contributed by atoms with van der Waals surface area (Å²) in [6, 6.07) is 9.65. The number of rotatable bonds is 2. The molecular weight excluding hydrogens is 254 g/mol. The Labute approximate surface area is 99.2 Å². The van der Waals surface area contributed by atoms with Crippen molar-refractivity contribution in [2.75, 3.05) is 0 Å². The first-order chi connectivity index (χ1) is 6.90. The van der Waals surface area contributed by atoms with Gasteiger partial charge < -0.3 is 5.32 Å². The van der Waals surface area contributed by atoms with Crippen molar-refractivity contribution in [3.05, 3.63) is 35.9 Å². The second-order valence-electron chi connectivity index (χ2n) is 4.51. The van der Waals surface area contributed by atoms with Crippen LogP contribution in [0.15, 0.2) is 30.3 Å². The molecule has 0 fully saturated rings. The van der Waals surface area contributed by atoms with Crippen molar-refractivity contribution in [3.8, 4) is 0 Å². The number of alkyl halides is 1. The molecule has 0 radical (unpaired) electrons. The van der Waals surface area contributed by atoms with Gasteiger partial charge in [-0.3, -0.25) is 4.79 Å². The average molecular weight is 270 g/mol. The minimum Gasteiger partial charge on any atom is -0.350 e. The topological polar surface area (TPSA) is 29.1 Å². The second-order valence-corrected chi connectivity index (χ2v) is 5.43. The van der Waals surface area contributed by atoms with Gasteiger partial charge in [0.2, 0.25) is 5.91 Å². The van der Waals surface area contributed by atoms with E-state index in [9.17, 15) is 4.79 Å². The summed E-state index contributed by atoms with van der Waals surface area (Å²) in [5.74, 6) is -0.00583. The van der Waals surface area contributed by atoms with Crippen molar-refractivity contribution < 1.29 is 4.79 Å². The zero-order chi connectivity index (χ0) is 11.5. The normalized spacial score (nSPS) is 13.3. The van der Waals surface area contributed by atoms with Gasteiger partial charge >= 0.3 is 0 Å². The van der Waals surface area contributed by atoms with E-state index in [0.717, 1.165) is 5.56 Å². The lowest BCUT2D eigenvalue weighted by molar-refractivity contribution is -0.121. The largest absolute Gasteiger partial charge is 0.350 e.